The second-order valence-corrected chi connectivity index (χ2v) is 8.18. The summed E-state index contributed by atoms with van der Waals surface area (Å²) in [5.74, 6) is -1.80. The Hall–Kier alpha value is -3.39. The van der Waals surface area contributed by atoms with Gasteiger partial charge in [0, 0.05) is 32.0 Å². The predicted octanol–water partition coefficient (Wildman–Crippen LogP) is 2.66. The number of hydrogen-bond acceptors (Lipinski definition) is 5. The van der Waals surface area contributed by atoms with Crippen molar-refractivity contribution in [2.75, 3.05) is 19.8 Å². The van der Waals surface area contributed by atoms with Crippen molar-refractivity contribution in [1.82, 2.24) is 10.6 Å². The second-order valence-electron chi connectivity index (χ2n) is 8.18. The Morgan fingerprint density at radius 3 is 2.19 bits per heavy atom. The van der Waals surface area contributed by atoms with Crippen LogP contribution in [-0.4, -0.2) is 54.5 Å². The van der Waals surface area contributed by atoms with Gasteiger partial charge in [0.15, 0.2) is 0 Å². The summed E-state index contributed by atoms with van der Waals surface area (Å²) in [4.78, 5) is 36.8. The van der Waals surface area contributed by atoms with E-state index >= 15 is 0 Å². The van der Waals surface area contributed by atoms with Crippen molar-refractivity contribution in [2.24, 2.45) is 0 Å². The molecule has 0 aromatic heterocycles. The Balaban J connectivity index is 1.46. The topological polar surface area (TPSA) is 114 Å². The van der Waals surface area contributed by atoms with E-state index in [9.17, 15) is 14.4 Å². The zero-order valence-electron chi connectivity index (χ0n) is 17.8. The lowest BCUT2D eigenvalue weighted by atomic mass is 9.88. The van der Waals surface area contributed by atoms with Gasteiger partial charge in [-0.3, -0.25) is 9.59 Å². The number of benzene rings is 2. The number of carbonyl (C=O) groups excluding carboxylic acids is 2. The molecule has 1 aliphatic carbocycles. The summed E-state index contributed by atoms with van der Waals surface area (Å²) in [6.45, 7) is 2.05. The number of carboxylic acids is 1. The molecule has 0 saturated carbocycles. The van der Waals surface area contributed by atoms with Crippen molar-refractivity contribution in [3.63, 3.8) is 0 Å². The van der Waals surface area contributed by atoms with Crippen LogP contribution in [0.2, 0.25) is 0 Å². The average Bonchev–Trinajstić information content (AvgIpc) is 3.12. The summed E-state index contributed by atoms with van der Waals surface area (Å²) >= 11 is 0. The Labute approximate surface area is 185 Å². The molecule has 0 bridgehead atoms. The van der Waals surface area contributed by atoms with E-state index in [-0.39, 0.29) is 38.6 Å². The van der Waals surface area contributed by atoms with E-state index in [1.807, 2.05) is 36.4 Å². The minimum absolute atomic E-state index is 0.0975. The SMILES string of the molecule is C[C@H](NC(=O)C1(NC(=O)OCC2c3ccccc3-c3ccccc32)CCOCC1)C(=O)O. The Bertz CT molecular complexity index is 985. The van der Waals surface area contributed by atoms with Gasteiger partial charge in [-0.25, -0.2) is 4.79 Å². The van der Waals surface area contributed by atoms with Crippen LogP contribution in [0.25, 0.3) is 11.1 Å². The molecular formula is C24H26N2O6. The molecule has 1 aliphatic heterocycles. The molecule has 168 valence electrons. The van der Waals surface area contributed by atoms with Crippen molar-refractivity contribution in [3.05, 3.63) is 59.7 Å². The van der Waals surface area contributed by atoms with Gasteiger partial charge >= 0.3 is 12.1 Å². The van der Waals surface area contributed by atoms with Crippen LogP contribution in [-0.2, 0) is 19.1 Å². The highest BCUT2D eigenvalue weighted by Crippen LogP contribution is 2.44. The number of aliphatic carboxylic acids is 1. The summed E-state index contributed by atoms with van der Waals surface area (Å²) in [6.07, 6.45) is -0.253. The maximum atomic E-state index is 12.9. The highest BCUT2D eigenvalue weighted by molar-refractivity contribution is 5.92. The standard InChI is InChI=1S/C24H26N2O6/c1-15(21(27)28)25-22(29)24(10-12-31-13-11-24)26-23(30)32-14-20-18-8-4-2-6-16(18)17-7-3-5-9-19(17)20/h2-9,15,20H,10-14H2,1H3,(H,25,29)(H,26,30)(H,27,28)/t15-/m0/s1. The normalized spacial score (nSPS) is 17.5. The quantitative estimate of drug-likeness (QED) is 0.639. The lowest BCUT2D eigenvalue weighted by Gasteiger charge is -2.36. The van der Waals surface area contributed by atoms with Crippen LogP contribution in [0.4, 0.5) is 4.79 Å². The summed E-state index contributed by atoms with van der Waals surface area (Å²) in [5, 5.41) is 14.3. The number of carboxylic acid groups (broad SMARTS) is 1. The molecule has 4 rings (SSSR count). The Kier molecular flexibility index (Phi) is 6.14. The highest BCUT2D eigenvalue weighted by Gasteiger charge is 2.43. The van der Waals surface area contributed by atoms with E-state index in [1.165, 1.54) is 6.92 Å². The number of carbonyl (C=O) groups is 3. The smallest absolute Gasteiger partial charge is 0.408 e. The zero-order chi connectivity index (χ0) is 22.7. The third-order valence-electron chi connectivity index (χ3n) is 6.18. The van der Waals surface area contributed by atoms with E-state index in [0.717, 1.165) is 22.3 Å². The van der Waals surface area contributed by atoms with Crippen LogP contribution in [0.1, 0.15) is 36.8 Å². The maximum Gasteiger partial charge on any atom is 0.408 e. The predicted molar refractivity (Wildman–Crippen MR) is 116 cm³/mol. The van der Waals surface area contributed by atoms with Gasteiger partial charge in [0.25, 0.3) is 0 Å². The van der Waals surface area contributed by atoms with Gasteiger partial charge in [0.05, 0.1) is 0 Å². The summed E-state index contributed by atoms with van der Waals surface area (Å²) in [5.41, 5.74) is 3.16. The number of amides is 2. The van der Waals surface area contributed by atoms with Gasteiger partial charge in [0.2, 0.25) is 5.91 Å². The van der Waals surface area contributed by atoms with Gasteiger partial charge in [-0.2, -0.15) is 0 Å². The van der Waals surface area contributed by atoms with Crippen molar-refractivity contribution < 1.29 is 29.0 Å². The zero-order valence-corrected chi connectivity index (χ0v) is 17.8. The lowest BCUT2D eigenvalue weighted by molar-refractivity contribution is -0.143. The molecule has 2 aromatic rings. The molecule has 0 unspecified atom stereocenters. The summed E-state index contributed by atoms with van der Waals surface area (Å²) in [6, 6.07) is 15.0. The first kappa shape index (κ1) is 21.8. The Morgan fingerprint density at radius 2 is 1.62 bits per heavy atom. The van der Waals surface area contributed by atoms with E-state index in [1.54, 1.807) is 0 Å². The molecule has 1 atom stereocenters. The number of hydrogen-bond donors (Lipinski definition) is 3. The van der Waals surface area contributed by atoms with Gasteiger partial charge in [0.1, 0.15) is 18.2 Å². The van der Waals surface area contributed by atoms with Crippen LogP contribution in [0.15, 0.2) is 48.5 Å². The molecule has 2 aliphatic rings. The molecule has 1 fully saturated rings. The fourth-order valence-electron chi connectivity index (χ4n) is 4.36. The minimum Gasteiger partial charge on any atom is -0.480 e. The largest absolute Gasteiger partial charge is 0.480 e. The highest BCUT2D eigenvalue weighted by atomic mass is 16.5. The Morgan fingerprint density at radius 1 is 1.06 bits per heavy atom. The number of alkyl carbamates (subject to hydrolysis) is 1. The van der Waals surface area contributed by atoms with E-state index in [2.05, 4.69) is 22.8 Å². The maximum absolute atomic E-state index is 12.9. The van der Waals surface area contributed by atoms with Crippen molar-refractivity contribution >= 4 is 18.0 Å². The molecule has 32 heavy (non-hydrogen) atoms. The van der Waals surface area contributed by atoms with Gasteiger partial charge in [-0.1, -0.05) is 48.5 Å². The van der Waals surface area contributed by atoms with Gasteiger partial charge in [-0.15, -0.1) is 0 Å². The fraction of sp³-hybridized carbons (Fsp3) is 0.375. The molecule has 3 N–H and O–H groups in total. The first-order chi connectivity index (χ1) is 15.4. The molecule has 1 saturated heterocycles. The molecule has 8 nitrogen and oxygen atoms in total. The van der Waals surface area contributed by atoms with E-state index in [4.69, 9.17) is 14.6 Å². The number of ether oxygens (including phenoxy) is 2. The van der Waals surface area contributed by atoms with Crippen LogP contribution >= 0.6 is 0 Å². The first-order valence-electron chi connectivity index (χ1n) is 10.7. The number of nitrogens with one attached hydrogen (secondary N) is 2. The van der Waals surface area contributed by atoms with Crippen molar-refractivity contribution in [2.45, 2.75) is 37.3 Å². The van der Waals surface area contributed by atoms with Gasteiger partial charge in [-0.05, 0) is 29.2 Å². The second kappa shape index (κ2) is 9.00. The number of fused-ring (bicyclic) bond motifs is 3. The van der Waals surface area contributed by atoms with Crippen LogP contribution in [0.5, 0.6) is 0 Å². The van der Waals surface area contributed by atoms with Crippen LogP contribution < -0.4 is 10.6 Å². The molecule has 1 heterocycles. The molecule has 0 radical (unpaired) electrons. The minimum atomic E-state index is -1.27. The van der Waals surface area contributed by atoms with Crippen molar-refractivity contribution in [1.29, 1.82) is 0 Å². The molecule has 2 amide bonds. The van der Waals surface area contributed by atoms with E-state index < -0.39 is 29.6 Å². The molecule has 0 spiro atoms. The van der Waals surface area contributed by atoms with Crippen molar-refractivity contribution in [3.8, 4) is 11.1 Å². The average molecular weight is 438 g/mol. The van der Waals surface area contributed by atoms with Crippen LogP contribution in [0.3, 0.4) is 0 Å². The molecular weight excluding hydrogens is 412 g/mol. The van der Waals surface area contributed by atoms with Crippen LogP contribution in [0, 0.1) is 0 Å². The summed E-state index contributed by atoms with van der Waals surface area (Å²) in [7, 11) is 0. The fourth-order valence-corrected chi connectivity index (χ4v) is 4.36. The molecule has 2 aromatic carbocycles. The molecule has 8 heteroatoms. The number of rotatable bonds is 6. The first-order valence-corrected chi connectivity index (χ1v) is 10.7. The van der Waals surface area contributed by atoms with Gasteiger partial charge < -0.3 is 25.2 Å². The third kappa shape index (κ3) is 4.18. The summed E-state index contributed by atoms with van der Waals surface area (Å²) < 4.78 is 10.9. The monoisotopic (exact) mass is 438 g/mol. The third-order valence-corrected chi connectivity index (χ3v) is 6.18. The lowest BCUT2D eigenvalue weighted by Crippen LogP contribution is -2.63. The van der Waals surface area contributed by atoms with E-state index in [0.29, 0.717) is 0 Å².